The van der Waals surface area contributed by atoms with Crippen molar-refractivity contribution in [2.45, 2.75) is 0 Å². The minimum Gasteiger partial charge on any atom is -0.412 e. The molecule has 7 nitrogen and oxygen atoms in total. The molecule has 1 N–H and O–H groups in total. The molecule has 0 atom stereocenters. The van der Waals surface area contributed by atoms with Crippen LogP contribution >= 0.6 is 0 Å². The van der Waals surface area contributed by atoms with Gasteiger partial charge in [0.2, 0.25) is 5.89 Å². The molecule has 22 heavy (non-hydrogen) atoms. The Bertz CT molecular complexity index is 608. The molecule has 1 aromatic carbocycles. The van der Waals surface area contributed by atoms with Gasteiger partial charge < -0.3 is 14.5 Å². The standard InChI is InChI=1S/C15H18N4O3/c20-13(16-6-7-19-8-10-21-11-9-19)15-18-17-14(22-15)12-4-2-1-3-5-12/h1-5H,6-11H2,(H,16,20). The summed E-state index contributed by atoms with van der Waals surface area (Å²) in [4.78, 5) is 14.2. The minimum atomic E-state index is -0.344. The van der Waals surface area contributed by atoms with Crippen LogP contribution in [0, 0.1) is 0 Å². The van der Waals surface area contributed by atoms with E-state index in [2.05, 4.69) is 20.4 Å². The summed E-state index contributed by atoms with van der Waals surface area (Å²) in [7, 11) is 0. The molecule has 1 fully saturated rings. The topological polar surface area (TPSA) is 80.5 Å². The minimum absolute atomic E-state index is 0.0131. The lowest BCUT2D eigenvalue weighted by atomic mass is 10.2. The Morgan fingerprint density at radius 3 is 2.73 bits per heavy atom. The molecule has 1 aliphatic rings. The molecule has 0 aliphatic carbocycles. The van der Waals surface area contributed by atoms with Crippen LogP contribution in [0.15, 0.2) is 34.7 Å². The van der Waals surface area contributed by atoms with Crippen molar-refractivity contribution >= 4 is 5.91 Å². The second-order valence-corrected chi connectivity index (χ2v) is 4.99. The van der Waals surface area contributed by atoms with E-state index in [4.69, 9.17) is 9.15 Å². The predicted molar refractivity (Wildman–Crippen MR) is 79.3 cm³/mol. The summed E-state index contributed by atoms with van der Waals surface area (Å²) >= 11 is 0. The van der Waals surface area contributed by atoms with E-state index < -0.39 is 0 Å². The van der Waals surface area contributed by atoms with Gasteiger partial charge >= 0.3 is 11.8 Å². The van der Waals surface area contributed by atoms with Crippen LogP contribution in [-0.4, -0.2) is 60.4 Å². The number of ether oxygens (including phenoxy) is 1. The highest BCUT2D eigenvalue weighted by atomic mass is 16.5. The number of hydrogen-bond donors (Lipinski definition) is 1. The maximum Gasteiger partial charge on any atom is 0.308 e. The summed E-state index contributed by atoms with van der Waals surface area (Å²) in [6, 6.07) is 9.36. The molecule has 1 aliphatic heterocycles. The molecule has 0 unspecified atom stereocenters. The number of carbonyl (C=O) groups is 1. The normalized spacial score (nSPS) is 15.6. The summed E-state index contributed by atoms with van der Waals surface area (Å²) < 4.78 is 10.7. The first kappa shape index (κ1) is 14.7. The molecular weight excluding hydrogens is 284 g/mol. The zero-order valence-corrected chi connectivity index (χ0v) is 12.2. The lowest BCUT2D eigenvalue weighted by Crippen LogP contribution is -2.41. The number of carbonyl (C=O) groups excluding carboxylic acids is 1. The van der Waals surface area contributed by atoms with Crippen molar-refractivity contribution in [3.63, 3.8) is 0 Å². The molecule has 1 saturated heterocycles. The molecule has 0 bridgehead atoms. The van der Waals surface area contributed by atoms with Gasteiger partial charge in [0.05, 0.1) is 13.2 Å². The predicted octanol–water partition coefficient (Wildman–Crippen LogP) is 0.799. The highest BCUT2D eigenvalue weighted by Crippen LogP contribution is 2.16. The largest absolute Gasteiger partial charge is 0.412 e. The molecule has 2 heterocycles. The lowest BCUT2D eigenvalue weighted by molar-refractivity contribution is 0.0382. The molecule has 2 aromatic rings. The fraction of sp³-hybridized carbons (Fsp3) is 0.400. The average Bonchev–Trinajstić information content (AvgIpc) is 3.07. The van der Waals surface area contributed by atoms with Crippen LogP contribution in [0.3, 0.4) is 0 Å². The van der Waals surface area contributed by atoms with Gasteiger partial charge in [0.25, 0.3) is 0 Å². The van der Waals surface area contributed by atoms with Crippen molar-refractivity contribution in [3.05, 3.63) is 36.2 Å². The molecular formula is C15H18N4O3. The van der Waals surface area contributed by atoms with Gasteiger partial charge in [-0.2, -0.15) is 0 Å². The van der Waals surface area contributed by atoms with Crippen LogP contribution in [0.25, 0.3) is 11.5 Å². The van der Waals surface area contributed by atoms with E-state index in [0.717, 1.165) is 38.4 Å². The maximum atomic E-state index is 12.0. The highest BCUT2D eigenvalue weighted by molar-refractivity contribution is 5.89. The first-order chi connectivity index (χ1) is 10.8. The second-order valence-electron chi connectivity index (χ2n) is 4.99. The van der Waals surface area contributed by atoms with Gasteiger partial charge in [-0.1, -0.05) is 18.2 Å². The van der Waals surface area contributed by atoms with Gasteiger partial charge in [-0.15, -0.1) is 10.2 Å². The fourth-order valence-corrected chi connectivity index (χ4v) is 2.24. The smallest absolute Gasteiger partial charge is 0.308 e. The average molecular weight is 302 g/mol. The first-order valence-corrected chi connectivity index (χ1v) is 7.30. The Morgan fingerprint density at radius 1 is 1.18 bits per heavy atom. The Hall–Kier alpha value is -2.25. The lowest BCUT2D eigenvalue weighted by Gasteiger charge is -2.26. The third-order valence-corrected chi connectivity index (χ3v) is 3.46. The van der Waals surface area contributed by atoms with E-state index >= 15 is 0 Å². The SMILES string of the molecule is O=C(NCCN1CCOCC1)c1nnc(-c2ccccc2)o1. The van der Waals surface area contributed by atoms with Gasteiger partial charge in [0.15, 0.2) is 0 Å². The van der Waals surface area contributed by atoms with Gasteiger partial charge in [-0.05, 0) is 12.1 Å². The van der Waals surface area contributed by atoms with E-state index in [0.29, 0.717) is 12.4 Å². The van der Waals surface area contributed by atoms with Crippen molar-refractivity contribution < 1.29 is 13.9 Å². The number of rotatable bonds is 5. The maximum absolute atomic E-state index is 12.0. The number of nitrogens with one attached hydrogen (secondary N) is 1. The van der Waals surface area contributed by atoms with E-state index in [-0.39, 0.29) is 11.8 Å². The van der Waals surface area contributed by atoms with Crippen LogP contribution in [0.2, 0.25) is 0 Å². The van der Waals surface area contributed by atoms with Crippen LogP contribution in [-0.2, 0) is 4.74 Å². The van der Waals surface area contributed by atoms with Gasteiger partial charge in [-0.3, -0.25) is 9.69 Å². The van der Waals surface area contributed by atoms with Crippen LogP contribution in [0.5, 0.6) is 0 Å². The van der Waals surface area contributed by atoms with Gasteiger partial charge in [0, 0.05) is 31.7 Å². The van der Waals surface area contributed by atoms with E-state index in [9.17, 15) is 4.79 Å². The zero-order chi connectivity index (χ0) is 15.2. The zero-order valence-electron chi connectivity index (χ0n) is 12.2. The van der Waals surface area contributed by atoms with Gasteiger partial charge in [0.1, 0.15) is 0 Å². The molecule has 3 rings (SSSR count). The molecule has 1 amide bonds. The summed E-state index contributed by atoms with van der Waals surface area (Å²) in [6.45, 7) is 4.62. The van der Waals surface area contributed by atoms with Crippen LogP contribution < -0.4 is 5.32 Å². The van der Waals surface area contributed by atoms with E-state index in [1.54, 1.807) is 0 Å². The number of aromatic nitrogens is 2. The third-order valence-electron chi connectivity index (χ3n) is 3.46. The number of nitrogens with zero attached hydrogens (tertiary/aromatic N) is 3. The number of morpholine rings is 1. The number of hydrogen-bond acceptors (Lipinski definition) is 6. The summed E-state index contributed by atoms with van der Waals surface area (Å²) in [5.74, 6) is -0.0114. The summed E-state index contributed by atoms with van der Waals surface area (Å²) in [5, 5.41) is 10.5. The Balaban J connectivity index is 1.51. The van der Waals surface area contributed by atoms with Gasteiger partial charge in [-0.25, -0.2) is 0 Å². The Kier molecular flexibility index (Phi) is 4.77. The quantitative estimate of drug-likeness (QED) is 0.880. The van der Waals surface area contributed by atoms with E-state index in [1.807, 2.05) is 30.3 Å². The van der Waals surface area contributed by atoms with Crippen molar-refractivity contribution in [2.24, 2.45) is 0 Å². The Morgan fingerprint density at radius 2 is 1.95 bits per heavy atom. The molecule has 116 valence electrons. The van der Waals surface area contributed by atoms with Crippen LogP contribution in [0.1, 0.15) is 10.7 Å². The monoisotopic (exact) mass is 302 g/mol. The van der Waals surface area contributed by atoms with E-state index in [1.165, 1.54) is 0 Å². The first-order valence-electron chi connectivity index (χ1n) is 7.30. The Labute approximate surface area is 128 Å². The molecule has 7 heteroatoms. The molecule has 1 aromatic heterocycles. The second kappa shape index (κ2) is 7.15. The molecule has 0 radical (unpaired) electrons. The summed E-state index contributed by atoms with van der Waals surface area (Å²) in [5.41, 5.74) is 0.794. The van der Waals surface area contributed by atoms with Crippen LogP contribution in [0.4, 0.5) is 0 Å². The van der Waals surface area contributed by atoms with Crippen molar-refractivity contribution in [3.8, 4) is 11.5 Å². The van der Waals surface area contributed by atoms with Crippen molar-refractivity contribution in [1.29, 1.82) is 0 Å². The molecule has 0 spiro atoms. The highest BCUT2D eigenvalue weighted by Gasteiger charge is 2.16. The third kappa shape index (κ3) is 3.69. The summed E-state index contributed by atoms with van der Waals surface area (Å²) in [6.07, 6.45) is 0. The number of amides is 1. The fourth-order valence-electron chi connectivity index (χ4n) is 2.24. The van der Waals surface area contributed by atoms with Crippen molar-refractivity contribution in [2.75, 3.05) is 39.4 Å². The molecule has 0 saturated carbocycles. The number of benzene rings is 1. The van der Waals surface area contributed by atoms with Crippen molar-refractivity contribution in [1.82, 2.24) is 20.4 Å².